The van der Waals surface area contributed by atoms with Crippen molar-refractivity contribution in [3.05, 3.63) is 69.8 Å². The molecule has 0 radical (unpaired) electrons. The van der Waals surface area contributed by atoms with Gasteiger partial charge in [-0.25, -0.2) is 0 Å². The fourth-order valence-corrected chi connectivity index (χ4v) is 2.66. The standard InChI is InChI=1S/C19H24O/c1-5-15-9-10-16(6-2)18(12-15)19(20)17-11-13(3)7-8-14(17)4/h7-12,19-20H,5-6H2,1-4H3. The van der Waals surface area contributed by atoms with E-state index in [1.807, 2.05) is 0 Å². The second-order valence-electron chi connectivity index (χ2n) is 5.50. The Hall–Kier alpha value is -1.60. The SMILES string of the molecule is CCc1ccc(CC)c(C(O)c2cc(C)ccc2C)c1. The van der Waals surface area contributed by atoms with Crippen LogP contribution in [-0.4, -0.2) is 5.11 Å². The molecule has 0 heterocycles. The van der Waals surface area contributed by atoms with Crippen molar-refractivity contribution in [1.82, 2.24) is 0 Å². The van der Waals surface area contributed by atoms with Gasteiger partial charge in [-0.05, 0) is 54.5 Å². The van der Waals surface area contributed by atoms with E-state index in [9.17, 15) is 5.11 Å². The lowest BCUT2D eigenvalue weighted by Gasteiger charge is -2.19. The van der Waals surface area contributed by atoms with Gasteiger partial charge in [-0.15, -0.1) is 0 Å². The molecule has 1 unspecified atom stereocenters. The van der Waals surface area contributed by atoms with Crippen molar-refractivity contribution in [3.8, 4) is 0 Å². The van der Waals surface area contributed by atoms with Crippen molar-refractivity contribution in [3.63, 3.8) is 0 Å². The molecule has 106 valence electrons. The molecule has 2 aromatic rings. The number of hydrogen-bond donors (Lipinski definition) is 1. The third kappa shape index (κ3) is 2.94. The first kappa shape index (κ1) is 14.8. The minimum absolute atomic E-state index is 0.531. The van der Waals surface area contributed by atoms with Gasteiger partial charge in [0.2, 0.25) is 0 Å². The predicted molar refractivity (Wildman–Crippen MR) is 85.2 cm³/mol. The van der Waals surface area contributed by atoms with Gasteiger partial charge in [0.25, 0.3) is 0 Å². The smallest absolute Gasteiger partial charge is 0.105 e. The molecular formula is C19H24O. The zero-order valence-electron chi connectivity index (χ0n) is 12.9. The van der Waals surface area contributed by atoms with Gasteiger partial charge in [0, 0.05) is 0 Å². The molecule has 1 N–H and O–H groups in total. The first-order valence-corrected chi connectivity index (χ1v) is 7.43. The lowest BCUT2D eigenvalue weighted by Crippen LogP contribution is -2.06. The third-order valence-electron chi connectivity index (χ3n) is 4.02. The van der Waals surface area contributed by atoms with Gasteiger partial charge in [-0.1, -0.05) is 55.8 Å². The molecule has 0 amide bonds. The summed E-state index contributed by atoms with van der Waals surface area (Å²) >= 11 is 0. The summed E-state index contributed by atoms with van der Waals surface area (Å²) in [6.07, 6.45) is 1.41. The molecule has 2 rings (SSSR count). The Kier molecular flexibility index (Phi) is 4.61. The number of benzene rings is 2. The molecule has 1 nitrogen and oxygen atoms in total. The van der Waals surface area contributed by atoms with Crippen LogP contribution in [0, 0.1) is 13.8 Å². The molecule has 1 heteroatoms. The van der Waals surface area contributed by atoms with Crippen LogP contribution in [-0.2, 0) is 12.8 Å². The van der Waals surface area contributed by atoms with E-state index in [4.69, 9.17) is 0 Å². The Morgan fingerprint density at radius 3 is 2.30 bits per heavy atom. The highest BCUT2D eigenvalue weighted by atomic mass is 16.3. The highest BCUT2D eigenvalue weighted by Gasteiger charge is 2.16. The van der Waals surface area contributed by atoms with Crippen LogP contribution < -0.4 is 0 Å². The van der Waals surface area contributed by atoms with Crippen LogP contribution in [0.1, 0.15) is 53.3 Å². The molecule has 0 aliphatic heterocycles. The second kappa shape index (κ2) is 6.23. The molecule has 0 saturated carbocycles. The Balaban J connectivity index is 2.51. The van der Waals surface area contributed by atoms with E-state index >= 15 is 0 Å². The number of aliphatic hydroxyl groups is 1. The number of aryl methyl sites for hydroxylation is 4. The molecule has 0 aliphatic rings. The number of rotatable bonds is 4. The molecule has 20 heavy (non-hydrogen) atoms. The largest absolute Gasteiger partial charge is 0.384 e. The summed E-state index contributed by atoms with van der Waals surface area (Å²) in [5.41, 5.74) is 6.92. The summed E-state index contributed by atoms with van der Waals surface area (Å²) in [4.78, 5) is 0. The van der Waals surface area contributed by atoms with Gasteiger partial charge >= 0.3 is 0 Å². The Labute approximate surface area is 122 Å². The minimum atomic E-state index is -0.531. The van der Waals surface area contributed by atoms with Crippen LogP contribution in [0.25, 0.3) is 0 Å². The molecule has 0 fully saturated rings. The monoisotopic (exact) mass is 268 g/mol. The molecule has 0 aliphatic carbocycles. The quantitative estimate of drug-likeness (QED) is 0.865. The van der Waals surface area contributed by atoms with Crippen molar-refractivity contribution in [2.45, 2.75) is 46.6 Å². The van der Waals surface area contributed by atoms with Crippen LogP contribution in [0.4, 0.5) is 0 Å². The summed E-state index contributed by atoms with van der Waals surface area (Å²) in [6, 6.07) is 12.8. The van der Waals surface area contributed by atoms with Gasteiger partial charge in [0.05, 0.1) is 0 Å². The second-order valence-corrected chi connectivity index (χ2v) is 5.50. The molecule has 1 atom stereocenters. The zero-order chi connectivity index (χ0) is 14.7. The lowest BCUT2D eigenvalue weighted by atomic mass is 9.90. The van der Waals surface area contributed by atoms with Crippen LogP contribution in [0.3, 0.4) is 0 Å². The summed E-state index contributed by atoms with van der Waals surface area (Å²) < 4.78 is 0. The number of aliphatic hydroxyl groups excluding tert-OH is 1. The van der Waals surface area contributed by atoms with Crippen LogP contribution in [0.2, 0.25) is 0 Å². The van der Waals surface area contributed by atoms with Gasteiger partial charge in [0.15, 0.2) is 0 Å². The molecule has 0 saturated heterocycles. The topological polar surface area (TPSA) is 20.2 Å². The van der Waals surface area contributed by atoms with E-state index in [0.29, 0.717) is 0 Å². The molecule has 0 spiro atoms. The van der Waals surface area contributed by atoms with Crippen LogP contribution >= 0.6 is 0 Å². The van der Waals surface area contributed by atoms with Crippen molar-refractivity contribution >= 4 is 0 Å². The maximum Gasteiger partial charge on any atom is 0.105 e. The van der Waals surface area contributed by atoms with Gasteiger partial charge in [-0.3, -0.25) is 0 Å². The van der Waals surface area contributed by atoms with E-state index in [2.05, 4.69) is 64.1 Å². The van der Waals surface area contributed by atoms with E-state index < -0.39 is 6.10 Å². The Bertz CT molecular complexity index is 599. The maximum atomic E-state index is 10.8. The Morgan fingerprint density at radius 2 is 1.65 bits per heavy atom. The van der Waals surface area contributed by atoms with E-state index in [0.717, 1.165) is 29.5 Å². The molecule has 0 bridgehead atoms. The molecular weight excluding hydrogens is 244 g/mol. The molecule has 2 aromatic carbocycles. The average Bonchev–Trinajstić information content (AvgIpc) is 2.48. The van der Waals surface area contributed by atoms with Gasteiger partial charge in [-0.2, -0.15) is 0 Å². The van der Waals surface area contributed by atoms with E-state index in [1.165, 1.54) is 16.7 Å². The summed E-state index contributed by atoms with van der Waals surface area (Å²) in [5.74, 6) is 0. The lowest BCUT2D eigenvalue weighted by molar-refractivity contribution is 0.218. The first-order valence-electron chi connectivity index (χ1n) is 7.43. The van der Waals surface area contributed by atoms with Crippen LogP contribution in [0.15, 0.2) is 36.4 Å². The van der Waals surface area contributed by atoms with E-state index in [-0.39, 0.29) is 0 Å². The highest BCUT2D eigenvalue weighted by molar-refractivity contribution is 5.42. The molecule has 0 aromatic heterocycles. The van der Waals surface area contributed by atoms with Gasteiger partial charge in [0.1, 0.15) is 6.10 Å². The Morgan fingerprint density at radius 1 is 0.900 bits per heavy atom. The highest BCUT2D eigenvalue weighted by Crippen LogP contribution is 2.29. The maximum absolute atomic E-state index is 10.8. The first-order chi connectivity index (χ1) is 9.56. The summed E-state index contributed by atoms with van der Waals surface area (Å²) in [7, 11) is 0. The predicted octanol–water partition coefficient (Wildman–Crippen LogP) is 4.51. The summed E-state index contributed by atoms with van der Waals surface area (Å²) in [6.45, 7) is 8.42. The average molecular weight is 268 g/mol. The van der Waals surface area contributed by atoms with Crippen molar-refractivity contribution in [1.29, 1.82) is 0 Å². The summed E-state index contributed by atoms with van der Waals surface area (Å²) in [5, 5.41) is 10.8. The van der Waals surface area contributed by atoms with Crippen LogP contribution in [0.5, 0.6) is 0 Å². The van der Waals surface area contributed by atoms with Crippen molar-refractivity contribution in [2.24, 2.45) is 0 Å². The van der Waals surface area contributed by atoms with Gasteiger partial charge < -0.3 is 5.11 Å². The van der Waals surface area contributed by atoms with Crippen molar-refractivity contribution in [2.75, 3.05) is 0 Å². The fraction of sp³-hybridized carbons (Fsp3) is 0.368. The fourth-order valence-electron chi connectivity index (χ4n) is 2.66. The normalized spacial score (nSPS) is 12.4. The number of hydrogen-bond acceptors (Lipinski definition) is 1. The minimum Gasteiger partial charge on any atom is -0.384 e. The van der Waals surface area contributed by atoms with Crippen molar-refractivity contribution < 1.29 is 5.11 Å². The zero-order valence-corrected chi connectivity index (χ0v) is 12.9. The van der Waals surface area contributed by atoms with E-state index in [1.54, 1.807) is 0 Å². The third-order valence-corrected chi connectivity index (χ3v) is 4.02.